The fraction of sp³-hybridized carbons (Fsp3) is 0.600. The lowest BCUT2D eigenvalue weighted by Gasteiger charge is -2.56. The molecule has 0 heterocycles. The minimum Gasteiger partial charge on any atom is -0.464 e. The number of methoxy groups -OCH3 is 1. The van der Waals surface area contributed by atoms with E-state index >= 15 is 0 Å². The third-order valence-electron chi connectivity index (χ3n) is 6.15. The number of esters is 1. The van der Waals surface area contributed by atoms with Crippen molar-refractivity contribution >= 4 is 11.7 Å². The average molecular weight is 327 g/mol. The van der Waals surface area contributed by atoms with Crippen LogP contribution in [-0.4, -0.2) is 18.8 Å². The van der Waals surface area contributed by atoms with Gasteiger partial charge in [-0.15, -0.1) is 0 Å². The molecule has 0 atom stereocenters. The van der Waals surface area contributed by atoms with E-state index in [1.165, 1.54) is 26.4 Å². The van der Waals surface area contributed by atoms with Crippen molar-refractivity contribution in [1.29, 1.82) is 0 Å². The van der Waals surface area contributed by atoms with Gasteiger partial charge in [0.2, 0.25) is 0 Å². The smallest absolute Gasteiger partial charge is 0.356 e. The van der Waals surface area contributed by atoms with Crippen LogP contribution in [0.4, 0.5) is 0 Å². The molecule has 128 valence electrons. The fourth-order valence-electron chi connectivity index (χ4n) is 5.59. The van der Waals surface area contributed by atoms with Gasteiger partial charge in [-0.1, -0.05) is 35.5 Å². The minimum atomic E-state index is -0.315. The molecule has 5 rings (SSSR count). The van der Waals surface area contributed by atoms with E-state index in [-0.39, 0.29) is 11.4 Å². The highest BCUT2D eigenvalue weighted by atomic mass is 16.6. The molecule has 24 heavy (non-hydrogen) atoms. The summed E-state index contributed by atoms with van der Waals surface area (Å²) in [5.74, 6) is 1.94. The summed E-state index contributed by atoms with van der Waals surface area (Å²) < 4.78 is 5.05. The summed E-state index contributed by atoms with van der Waals surface area (Å²) in [6.07, 6.45) is 7.21. The van der Waals surface area contributed by atoms with Gasteiger partial charge in [-0.3, -0.25) is 0 Å². The van der Waals surface area contributed by atoms with E-state index in [0.717, 1.165) is 42.6 Å². The lowest BCUT2D eigenvalue weighted by molar-refractivity contribution is -0.134. The molecule has 4 saturated carbocycles. The number of ether oxygens (including phenoxy) is 1. The number of carbonyl (C=O) groups excluding carboxylic acids is 1. The highest BCUT2D eigenvalue weighted by Gasteiger charge is 2.55. The van der Waals surface area contributed by atoms with Crippen molar-refractivity contribution < 1.29 is 14.4 Å². The molecule has 0 N–H and O–H groups in total. The Labute approximate surface area is 143 Å². The zero-order chi connectivity index (χ0) is 16.6. The lowest BCUT2D eigenvalue weighted by atomic mass is 9.48. The second-order valence-corrected chi connectivity index (χ2v) is 7.89. The van der Waals surface area contributed by atoms with Crippen LogP contribution in [0.3, 0.4) is 0 Å². The summed E-state index contributed by atoms with van der Waals surface area (Å²) >= 11 is 0. The summed E-state index contributed by atoms with van der Waals surface area (Å²) in [5, 5.41) is 4.32. The molecule has 0 aliphatic heterocycles. The number of oxime groups is 1. The molecule has 4 fully saturated rings. The molecule has 4 aliphatic rings. The van der Waals surface area contributed by atoms with Crippen LogP contribution in [0.1, 0.15) is 44.1 Å². The van der Waals surface area contributed by atoms with E-state index in [9.17, 15) is 4.79 Å². The van der Waals surface area contributed by atoms with Crippen LogP contribution in [-0.2, 0) is 21.0 Å². The van der Waals surface area contributed by atoms with Gasteiger partial charge in [0.15, 0.2) is 5.71 Å². The van der Waals surface area contributed by atoms with E-state index in [1.54, 1.807) is 0 Å². The first-order valence-electron chi connectivity index (χ1n) is 9.01. The standard InChI is InChI=1S/C20H25NO3/c1-23-19(22)18(21-24-13-14-5-3-2-4-6-14)20-10-15-7-16(11-20)9-17(8-15)12-20/h2-6,15-17H,7-13H2,1H3/b21-18+. The van der Waals surface area contributed by atoms with E-state index in [4.69, 9.17) is 9.57 Å². The van der Waals surface area contributed by atoms with Crippen molar-refractivity contribution in [3.05, 3.63) is 35.9 Å². The summed E-state index contributed by atoms with van der Waals surface area (Å²) in [5.41, 5.74) is 1.47. The second kappa shape index (κ2) is 6.23. The zero-order valence-electron chi connectivity index (χ0n) is 14.2. The minimum absolute atomic E-state index is 0.113. The van der Waals surface area contributed by atoms with Crippen LogP contribution >= 0.6 is 0 Å². The van der Waals surface area contributed by atoms with Crippen LogP contribution in [0.25, 0.3) is 0 Å². The molecule has 4 heteroatoms. The molecule has 1 aromatic rings. The van der Waals surface area contributed by atoms with Crippen molar-refractivity contribution in [3.8, 4) is 0 Å². The van der Waals surface area contributed by atoms with Crippen molar-refractivity contribution in [2.75, 3.05) is 7.11 Å². The molecule has 0 radical (unpaired) electrons. The number of benzene rings is 1. The Morgan fingerprint density at radius 2 is 1.67 bits per heavy atom. The largest absolute Gasteiger partial charge is 0.464 e. The molecular formula is C20H25NO3. The normalized spacial score (nSPS) is 34.2. The first kappa shape index (κ1) is 15.7. The van der Waals surface area contributed by atoms with Gasteiger partial charge >= 0.3 is 5.97 Å². The fourth-order valence-corrected chi connectivity index (χ4v) is 5.59. The number of nitrogens with zero attached hydrogens (tertiary/aromatic N) is 1. The first-order chi connectivity index (χ1) is 11.7. The molecule has 0 spiro atoms. The summed E-state index contributed by atoms with van der Waals surface area (Å²) in [6, 6.07) is 9.92. The van der Waals surface area contributed by atoms with E-state index in [2.05, 4.69) is 5.16 Å². The van der Waals surface area contributed by atoms with Crippen molar-refractivity contribution in [1.82, 2.24) is 0 Å². The number of hydrogen-bond acceptors (Lipinski definition) is 4. The molecule has 0 unspecified atom stereocenters. The quantitative estimate of drug-likeness (QED) is 0.467. The topological polar surface area (TPSA) is 47.9 Å². The third-order valence-corrected chi connectivity index (χ3v) is 6.15. The Bertz CT molecular complexity index is 602. The maximum Gasteiger partial charge on any atom is 0.356 e. The maximum atomic E-state index is 12.4. The molecule has 4 nitrogen and oxygen atoms in total. The van der Waals surface area contributed by atoms with Crippen LogP contribution in [0.5, 0.6) is 0 Å². The average Bonchev–Trinajstić information content (AvgIpc) is 2.57. The summed E-state index contributed by atoms with van der Waals surface area (Å²) in [6.45, 7) is 0.383. The molecule has 0 saturated heterocycles. The molecule has 4 bridgehead atoms. The van der Waals surface area contributed by atoms with Crippen LogP contribution in [0.2, 0.25) is 0 Å². The van der Waals surface area contributed by atoms with Crippen LogP contribution in [0, 0.1) is 23.2 Å². The van der Waals surface area contributed by atoms with E-state index in [0.29, 0.717) is 12.3 Å². The lowest BCUT2D eigenvalue weighted by Crippen LogP contribution is -2.52. The molecular weight excluding hydrogens is 302 g/mol. The second-order valence-electron chi connectivity index (χ2n) is 7.89. The van der Waals surface area contributed by atoms with Crippen molar-refractivity contribution in [2.24, 2.45) is 28.3 Å². The summed E-state index contributed by atoms with van der Waals surface area (Å²) in [7, 11) is 1.44. The van der Waals surface area contributed by atoms with E-state index in [1.807, 2.05) is 30.3 Å². The Balaban J connectivity index is 1.55. The van der Waals surface area contributed by atoms with E-state index < -0.39 is 0 Å². The van der Waals surface area contributed by atoms with Gasteiger partial charge in [0, 0.05) is 5.41 Å². The predicted octanol–water partition coefficient (Wildman–Crippen LogP) is 3.95. The van der Waals surface area contributed by atoms with Crippen molar-refractivity contribution in [2.45, 2.75) is 45.1 Å². The number of hydrogen-bond donors (Lipinski definition) is 0. The van der Waals surface area contributed by atoms with Gasteiger partial charge in [0.05, 0.1) is 7.11 Å². The maximum absolute atomic E-state index is 12.4. The molecule has 1 aromatic carbocycles. The highest BCUT2D eigenvalue weighted by molar-refractivity contribution is 6.38. The van der Waals surface area contributed by atoms with Gasteiger partial charge in [0.25, 0.3) is 0 Å². The van der Waals surface area contributed by atoms with Crippen LogP contribution < -0.4 is 0 Å². The monoisotopic (exact) mass is 327 g/mol. The highest BCUT2D eigenvalue weighted by Crippen LogP contribution is 2.60. The third kappa shape index (κ3) is 2.83. The van der Waals surface area contributed by atoms with Crippen LogP contribution in [0.15, 0.2) is 35.5 Å². The Hall–Kier alpha value is -1.84. The Morgan fingerprint density at radius 3 is 2.21 bits per heavy atom. The number of rotatable bonds is 5. The Morgan fingerprint density at radius 1 is 1.08 bits per heavy atom. The van der Waals surface area contributed by atoms with Gasteiger partial charge in [-0.05, 0) is 61.8 Å². The molecule has 4 aliphatic carbocycles. The molecule has 0 amide bonds. The van der Waals surface area contributed by atoms with Gasteiger partial charge in [-0.2, -0.15) is 0 Å². The predicted molar refractivity (Wildman–Crippen MR) is 91.3 cm³/mol. The molecule has 0 aromatic heterocycles. The number of carbonyl (C=O) groups is 1. The SMILES string of the molecule is COC(=O)/C(=N\OCc1ccccc1)C12CC3CC(CC(C3)C1)C2. The summed E-state index contributed by atoms with van der Waals surface area (Å²) in [4.78, 5) is 18.0. The first-order valence-corrected chi connectivity index (χ1v) is 9.01. The van der Waals surface area contributed by atoms with Gasteiger partial charge in [0.1, 0.15) is 6.61 Å². The Kier molecular flexibility index (Phi) is 4.07. The zero-order valence-corrected chi connectivity index (χ0v) is 14.2. The van der Waals surface area contributed by atoms with Crippen molar-refractivity contribution in [3.63, 3.8) is 0 Å². The van der Waals surface area contributed by atoms with Gasteiger partial charge < -0.3 is 9.57 Å². The van der Waals surface area contributed by atoms with Gasteiger partial charge in [-0.25, -0.2) is 4.79 Å².